The molecule has 30 heavy (non-hydrogen) atoms. The third-order valence-corrected chi connectivity index (χ3v) is 6.13. The Kier molecular flexibility index (Phi) is 6.85. The smallest absolute Gasteiger partial charge is 0.307 e. The molecule has 0 aliphatic carbocycles. The number of amides is 1. The van der Waals surface area contributed by atoms with Crippen molar-refractivity contribution in [3.8, 4) is 0 Å². The van der Waals surface area contributed by atoms with Crippen molar-refractivity contribution < 1.29 is 18.0 Å². The lowest BCUT2D eigenvalue weighted by atomic mass is 10.2. The van der Waals surface area contributed by atoms with Gasteiger partial charge >= 0.3 is 6.18 Å². The maximum Gasteiger partial charge on any atom is 0.436 e. The first-order chi connectivity index (χ1) is 14.0. The molecule has 0 bridgehead atoms. The predicted molar refractivity (Wildman–Crippen MR) is 114 cm³/mol. The van der Waals surface area contributed by atoms with Crippen molar-refractivity contribution in [2.75, 3.05) is 5.32 Å². The minimum atomic E-state index is -4.63. The summed E-state index contributed by atoms with van der Waals surface area (Å²) in [5, 5.41) is 11.3. The highest BCUT2D eigenvalue weighted by Gasteiger charge is 2.38. The van der Waals surface area contributed by atoms with Crippen LogP contribution in [0.3, 0.4) is 0 Å². The largest absolute Gasteiger partial charge is 0.436 e. The zero-order valence-corrected chi connectivity index (χ0v) is 19.8. The van der Waals surface area contributed by atoms with Crippen LogP contribution in [0.4, 0.5) is 19.0 Å². The van der Waals surface area contributed by atoms with Crippen LogP contribution in [0.1, 0.15) is 17.0 Å². The molecule has 0 radical (unpaired) electrons. The van der Waals surface area contributed by atoms with Gasteiger partial charge in [-0.25, -0.2) is 0 Å². The molecule has 1 aromatic carbocycles. The van der Waals surface area contributed by atoms with E-state index in [0.717, 1.165) is 10.2 Å². The van der Waals surface area contributed by atoms with Crippen molar-refractivity contribution in [3.63, 3.8) is 0 Å². The molecule has 0 saturated heterocycles. The fourth-order valence-electron chi connectivity index (χ4n) is 2.55. The Morgan fingerprint density at radius 2 is 1.93 bits per heavy atom. The van der Waals surface area contributed by atoms with E-state index in [1.807, 2.05) is 0 Å². The summed E-state index contributed by atoms with van der Waals surface area (Å²) < 4.78 is 41.7. The number of nitrogens with one attached hydrogen (secondary N) is 1. The number of alkyl halides is 3. The third-order valence-electron chi connectivity index (χ3n) is 4.02. The minimum absolute atomic E-state index is 0.180. The van der Waals surface area contributed by atoms with Gasteiger partial charge in [-0.15, -0.1) is 0 Å². The molecule has 0 atom stereocenters. The number of halogens is 7. The van der Waals surface area contributed by atoms with Crippen LogP contribution in [0.5, 0.6) is 0 Å². The van der Waals surface area contributed by atoms with Gasteiger partial charge in [-0.05, 0) is 56.5 Å². The molecule has 3 rings (SSSR count). The highest BCUT2D eigenvalue weighted by Crippen LogP contribution is 2.35. The maximum atomic E-state index is 13.0. The molecular weight excluding hydrogens is 578 g/mol. The number of carbonyl (C=O) groups is 1. The molecule has 13 heteroatoms. The van der Waals surface area contributed by atoms with Crippen LogP contribution in [0.2, 0.25) is 10.0 Å². The molecule has 160 valence electrons. The maximum absolute atomic E-state index is 13.0. The number of hydrogen-bond acceptors (Lipinski definition) is 3. The topological polar surface area (TPSA) is 64.7 Å². The van der Waals surface area contributed by atoms with E-state index in [9.17, 15) is 18.0 Å². The van der Waals surface area contributed by atoms with Crippen LogP contribution in [0, 0.1) is 6.92 Å². The van der Waals surface area contributed by atoms with E-state index in [0.29, 0.717) is 21.1 Å². The minimum Gasteiger partial charge on any atom is -0.307 e. The lowest BCUT2D eigenvalue weighted by Gasteiger charge is -2.06. The number of rotatable bonds is 5. The zero-order chi connectivity index (χ0) is 22.2. The van der Waals surface area contributed by atoms with Gasteiger partial charge in [-0.3, -0.25) is 14.2 Å². The van der Waals surface area contributed by atoms with E-state index >= 15 is 0 Å². The van der Waals surface area contributed by atoms with E-state index in [2.05, 4.69) is 47.4 Å². The zero-order valence-electron chi connectivity index (χ0n) is 15.1. The van der Waals surface area contributed by atoms with E-state index in [1.54, 1.807) is 29.1 Å². The Morgan fingerprint density at radius 1 is 1.23 bits per heavy atom. The van der Waals surface area contributed by atoms with Gasteiger partial charge in [0.1, 0.15) is 6.54 Å². The standard InChI is InChI=1S/C17H12Br2Cl2F3N5O/c1-8-14(19)15(17(22,23)24)26-29(8)7-13(30)25-16-11(18)6-28(27-16)5-9-2-3-10(20)4-12(9)21/h2-4,6H,5,7H2,1H3,(H,25,27,30). The van der Waals surface area contributed by atoms with Gasteiger partial charge in [0.2, 0.25) is 5.91 Å². The van der Waals surface area contributed by atoms with Crippen molar-refractivity contribution in [3.05, 3.63) is 60.3 Å². The van der Waals surface area contributed by atoms with E-state index < -0.39 is 24.3 Å². The van der Waals surface area contributed by atoms with Crippen LogP contribution in [0.15, 0.2) is 33.3 Å². The number of hydrogen-bond donors (Lipinski definition) is 1. The molecule has 0 aliphatic rings. The summed E-state index contributed by atoms with van der Waals surface area (Å²) in [5.74, 6) is -0.373. The summed E-state index contributed by atoms with van der Waals surface area (Å²) >= 11 is 18.2. The molecule has 2 aromatic heterocycles. The van der Waals surface area contributed by atoms with Gasteiger partial charge in [0, 0.05) is 16.2 Å². The fraction of sp³-hybridized carbons (Fsp3) is 0.235. The highest BCUT2D eigenvalue weighted by atomic mass is 79.9. The first kappa shape index (κ1) is 23.1. The van der Waals surface area contributed by atoms with Crippen molar-refractivity contribution >= 4 is 66.8 Å². The molecule has 0 saturated carbocycles. The second-order valence-electron chi connectivity index (χ2n) is 6.21. The summed E-state index contributed by atoms with van der Waals surface area (Å²) in [6, 6.07) is 5.07. The lowest BCUT2D eigenvalue weighted by molar-refractivity contribution is -0.142. The first-order valence-electron chi connectivity index (χ1n) is 8.22. The van der Waals surface area contributed by atoms with Crippen LogP contribution < -0.4 is 5.32 Å². The summed E-state index contributed by atoms with van der Waals surface area (Å²) in [6.07, 6.45) is -2.99. The van der Waals surface area contributed by atoms with Crippen molar-refractivity contribution in [2.24, 2.45) is 0 Å². The summed E-state index contributed by atoms with van der Waals surface area (Å²) in [7, 11) is 0. The molecule has 2 heterocycles. The summed E-state index contributed by atoms with van der Waals surface area (Å²) in [6.45, 7) is 1.34. The lowest BCUT2D eigenvalue weighted by Crippen LogP contribution is -2.21. The monoisotopic (exact) mass is 587 g/mol. The normalized spacial score (nSPS) is 11.7. The summed E-state index contributed by atoms with van der Waals surface area (Å²) in [4.78, 5) is 12.3. The molecule has 6 nitrogen and oxygen atoms in total. The molecule has 0 fully saturated rings. The third kappa shape index (κ3) is 5.19. The van der Waals surface area contributed by atoms with Crippen LogP contribution in [0.25, 0.3) is 0 Å². The Bertz CT molecular complexity index is 1110. The van der Waals surface area contributed by atoms with Gasteiger partial charge in [0.05, 0.1) is 21.2 Å². The Labute approximate surface area is 195 Å². The van der Waals surface area contributed by atoms with Gasteiger partial charge < -0.3 is 5.32 Å². The second-order valence-corrected chi connectivity index (χ2v) is 8.70. The van der Waals surface area contributed by atoms with E-state index in [-0.39, 0.29) is 16.0 Å². The SMILES string of the molecule is Cc1c(Br)c(C(F)(F)F)nn1CC(=O)Nc1nn(Cc2ccc(Cl)cc2Cl)cc1Br. The number of benzene rings is 1. The molecule has 1 amide bonds. The van der Waals surface area contributed by atoms with E-state index in [1.165, 1.54) is 6.92 Å². The Balaban J connectivity index is 1.72. The van der Waals surface area contributed by atoms with Gasteiger partial charge in [-0.2, -0.15) is 23.4 Å². The van der Waals surface area contributed by atoms with E-state index in [4.69, 9.17) is 23.2 Å². The fourth-order valence-corrected chi connectivity index (χ4v) is 3.95. The van der Waals surface area contributed by atoms with Crippen molar-refractivity contribution in [1.29, 1.82) is 0 Å². The van der Waals surface area contributed by atoms with Crippen LogP contribution in [-0.2, 0) is 24.1 Å². The molecule has 1 N–H and O–H groups in total. The Morgan fingerprint density at radius 3 is 2.53 bits per heavy atom. The quantitative estimate of drug-likeness (QED) is 0.402. The number of carbonyl (C=O) groups excluding carboxylic acids is 1. The molecule has 0 spiro atoms. The van der Waals surface area contributed by atoms with Gasteiger partial charge in [0.15, 0.2) is 11.5 Å². The molecule has 0 aliphatic heterocycles. The van der Waals surface area contributed by atoms with Crippen molar-refractivity contribution in [1.82, 2.24) is 19.6 Å². The van der Waals surface area contributed by atoms with Crippen LogP contribution in [-0.4, -0.2) is 25.5 Å². The number of aromatic nitrogens is 4. The van der Waals surface area contributed by atoms with Crippen molar-refractivity contribution in [2.45, 2.75) is 26.2 Å². The number of nitrogens with zero attached hydrogens (tertiary/aromatic N) is 4. The molecular formula is C17H12Br2Cl2F3N5O. The van der Waals surface area contributed by atoms with Crippen LogP contribution >= 0.6 is 55.1 Å². The summed E-state index contributed by atoms with van der Waals surface area (Å²) in [5.41, 5.74) is -0.136. The van der Waals surface area contributed by atoms with Gasteiger partial charge in [0.25, 0.3) is 0 Å². The highest BCUT2D eigenvalue weighted by molar-refractivity contribution is 9.11. The first-order valence-corrected chi connectivity index (χ1v) is 10.6. The predicted octanol–water partition coefficient (Wildman–Crippen LogP) is 5.93. The average molecular weight is 590 g/mol. The molecule has 0 unspecified atom stereocenters. The second kappa shape index (κ2) is 8.89. The van der Waals surface area contributed by atoms with Gasteiger partial charge in [-0.1, -0.05) is 29.3 Å². The number of anilines is 1. The average Bonchev–Trinajstić information content (AvgIpc) is 3.11. The molecule has 3 aromatic rings. The Hall–Kier alpha value is -1.56.